The molecule has 0 aromatic heterocycles. The Morgan fingerprint density at radius 2 is 1.76 bits per heavy atom. The normalized spacial score (nSPS) is 28.7. The van der Waals surface area contributed by atoms with Crippen molar-refractivity contribution in [3.05, 3.63) is 0 Å². The minimum absolute atomic E-state index is 0.0363. The fourth-order valence-corrected chi connectivity index (χ4v) is 3.78. The number of nitrogens with zero attached hydrogens (tertiary/aromatic N) is 1. The number of piperazine rings is 1. The summed E-state index contributed by atoms with van der Waals surface area (Å²) in [5, 5.41) is 3.03. The molecule has 2 rings (SSSR count). The Bertz CT molecular complexity index is 400. The van der Waals surface area contributed by atoms with Crippen LogP contribution in [0.25, 0.3) is 0 Å². The van der Waals surface area contributed by atoms with E-state index in [0.717, 1.165) is 19.3 Å². The second kappa shape index (κ2) is 6.37. The van der Waals surface area contributed by atoms with Gasteiger partial charge >= 0.3 is 0 Å². The highest BCUT2D eigenvalue weighted by atomic mass is 16.2. The van der Waals surface area contributed by atoms with E-state index in [9.17, 15) is 9.59 Å². The van der Waals surface area contributed by atoms with E-state index in [2.05, 4.69) is 26.1 Å². The van der Waals surface area contributed by atoms with Gasteiger partial charge in [-0.3, -0.25) is 9.59 Å². The first-order chi connectivity index (χ1) is 9.92. The molecule has 2 amide bonds. The van der Waals surface area contributed by atoms with Gasteiger partial charge < -0.3 is 10.2 Å². The smallest absolute Gasteiger partial charge is 0.246 e. The van der Waals surface area contributed by atoms with Crippen LogP contribution < -0.4 is 5.32 Å². The summed E-state index contributed by atoms with van der Waals surface area (Å²) in [7, 11) is 0. The molecule has 0 bridgehead atoms. The topological polar surface area (TPSA) is 49.4 Å². The van der Waals surface area contributed by atoms with Gasteiger partial charge in [-0.1, -0.05) is 33.1 Å². The summed E-state index contributed by atoms with van der Waals surface area (Å²) in [5.41, 5.74) is -0.261. The van der Waals surface area contributed by atoms with Gasteiger partial charge in [0, 0.05) is 5.54 Å². The van der Waals surface area contributed by atoms with Crippen LogP contribution in [0.3, 0.4) is 0 Å². The van der Waals surface area contributed by atoms with Crippen LogP contribution in [0.5, 0.6) is 0 Å². The Morgan fingerprint density at radius 3 is 2.29 bits per heavy atom. The molecule has 120 valence electrons. The minimum atomic E-state index is -0.313. The first-order valence-electron chi connectivity index (χ1n) is 8.56. The highest BCUT2D eigenvalue weighted by molar-refractivity contribution is 5.97. The van der Waals surface area contributed by atoms with Crippen molar-refractivity contribution >= 4 is 11.8 Å². The van der Waals surface area contributed by atoms with Crippen molar-refractivity contribution in [2.45, 2.75) is 90.3 Å². The van der Waals surface area contributed by atoms with Crippen LogP contribution >= 0.6 is 0 Å². The Balaban J connectivity index is 2.27. The first-order valence-corrected chi connectivity index (χ1v) is 8.56. The van der Waals surface area contributed by atoms with Crippen LogP contribution in [0.2, 0.25) is 0 Å². The third kappa shape index (κ3) is 3.09. The molecule has 21 heavy (non-hydrogen) atoms. The Hall–Kier alpha value is -1.06. The lowest BCUT2D eigenvalue weighted by atomic mass is 9.80. The van der Waals surface area contributed by atoms with Gasteiger partial charge in [0.1, 0.15) is 12.1 Å². The van der Waals surface area contributed by atoms with Crippen LogP contribution in [0.15, 0.2) is 0 Å². The second-order valence-electron chi connectivity index (χ2n) is 7.18. The number of amides is 2. The summed E-state index contributed by atoms with van der Waals surface area (Å²) < 4.78 is 0. The quantitative estimate of drug-likeness (QED) is 0.866. The van der Waals surface area contributed by atoms with Crippen molar-refractivity contribution in [1.82, 2.24) is 10.2 Å². The fourth-order valence-electron chi connectivity index (χ4n) is 3.78. The number of hydrogen-bond donors (Lipinski definition) is 1. The van der Waals surface area contributed by atoms with E-state index in [1.54, 1.807) is 0 Å². The van der Waals surface area contributed by atoms with E-state index in [1.165, 1.54) is 19.3 Å². The monoisotopic (exact) mass is 294 g/mol. The number of carbonyl (C=O) groups is 2. The van der Waals surface area contributed by atoms with Crippen LogP contribution in [0.1, 0.15) is 72.6 Å². The zero-order valence-corrected chi connectivity index (χ0v) is 13.9. The molecule has 1 N–H and O–H groups in total. The van der Waals surface area contributed by atoms with Crippen LogP contribution in [-0.2, 0) is 9.59 Å². The number of nitrogens with one attached hydrogen (secondary N) is 1. The van der Waals surface area contributed by atoms with E-state index in [0.29, 0.717) is 12.3 Å². The molecule has 1 heterocycles. The highest BCUT2D eigenvalue weighted by Gasteiger charge is 2.47. The van der Waals surface area contributed by atoms with E-state index >= 15 is 0 Å². The lowest BCUT2D eigenvalue weighted by Crippen LogP contribution is -2.69. The molecule has 0 spiro atoms. The van der Waals surface area contributed by atoms with Crippen molar-refractivity contribution in [2.75, 3.05) is 0 Å². The van der Waals surface area contributed by atoms with E-state index in [4.69, 9.17) is 0 Å². The summed E-state index contributed by atoms with van der Waals surface area (Å²) in [4.78, 5) is 27.4. The van der Waals surface area contributed by atoms with Crippen LogP contribution in [0.4, 0.5) is 0 Å². The predicted molar refractivity (Wildman–Crippen MR) is 83.8 cm³/mol. The van der Waals surface area contributed by atoms with Gasteiger partial charge in [-0.25, -0.2) is 0 Å². The molecular weight excluding hydrogens is 264 g/mol. The molecule has 4 heteroatoms. The number of carbonyl (C=O) groups excluding carboxylic acids is 2. The average molecular weight is 294 g/mol. The van der Waals surface area contributed by atoms with Crippen molar-refractivity contribution in [3.8, 4) is 0 Å². The van der Waals surface area contributed by atoms with E-state index in [1.807, 2.05) is 11.8 Å². The van der Waals surface area contributed by atoms with Gasteiger partial charge in [-0.05, 0) is 45.4 Å². The molecule has 2 aliphatic rings. The molecule has 4 nitrogen and oxygen atoms in total. The molecule has 0 aromatic rings. The second-order valence-corrected chi connectivity index (χ2v) is 7.18. The third-order valence-corrected chi connectivity index (χ3v) is 5.44. The SMILES string of the molecule is CCC1C(=O)NC(C2CCCCC2)C(=O)N1C(C)(C)CC. The van der Waals surface area contributed by atoms with Gasteiger partial charge in [-0.2, -0.15) is 0 Å². The number of rotatable bonds is 4. The Morgan fingerprint density at radius 1 is 1.14 bits per heavy atom. The molecule has 2 atom stereocenters. The molecule has 1 saturated heterocycles. The van der Waals surface area contributed by atoms with Crippen molar-refractivity contribution in [3.63, 3.8) is 0 Å². The van der Waals surface area contributed by atoms with Crippen molar-refractivity contribution in [1.29, 1.82) is 0 Å². The highest BCUT2D eigenvalue weighted by Crippen LogP contribution is 2.33. The summed E-state index contributed by atoms with van der Waals surface area (Å²) in [6, 6.07) is -0.612. The van der Waals surface area contributed by atoms with Crippen LogP contribution in [0, 0.1) is 5.92 Å². The average Bonchev–Trinajstić information content (AvgIpc) is 2.49. The zero-order chi connectivity index (χ0) is 15.6. The van der Waals surface area contributed by atoms with Gasteiger partial charge in [0.05, 0.1) is 0 Å². The molecule has 1 aliphatic carbocycles. The summed E-state index contributed by atoms with van der Waals surface area (Å²) in [5.74, 6) is 0.498. The van der Waals surface area contributed by atoms with Crippen molar-refractivity contribution < 1.29 is 9.59 Å². The fraction of sp³-hybridized carbons (Fsp3) is 0.882. The summed E-state index contributed by atoms with van der Waals surface area (Å²) in [6.07, 6.45) is 7.28. The molecule has 0 aromatic carbocycles. The lowest BCUT2D eigenvalue weighted by Gasteiger charge is -2.49. The Labute approximate surface area is 128 Å². The van der Waals surface area contributed by atoms with Gasteiger partial charge in [-0.15, -0.1) is 0 Å². The first kappa shape index (κ1) is 16.3. The predicted octanol–water partition coefficient (Wildman–Crippen LogP) is 2.86. The maximum atomic E-state index is 13.1. The molecule has 0 radical (unpaired) electrons. The van der Waals surface area contributed by atoms with Crippen LogP contribution in [-0.4, -0.2) is 34.3 Å². The number of hydrogen-bond acceptors (Lipinski definition) is 2. The Kier molecular flexibility index (Phi) is 4.95. The third-order valence-electron chi connectivity index (χ3n) is 5.44. The maximum Gasteiger partial charge on any atom is 0.246 e. The largest absolute Gasteiger partial charge is 0.342 e. The van der Waals surface area contributed by atoms with Gasteiger partial charge in [0.25, 0.3) is 0 Å². The molecule has 1 saturated carbocycles. The minimum Gasteiger partial charge on any atom is -0.342 e. The summed E-state index contributed by atoms with van der Waals surface area (Å²) in [6.45, 7) is 8.22. The summed E-state index contributed by atoms with van der Waals surface area (Å²) >= 11 is 0. The van der Waals surface area contributed by atoms with Gasteiger partial charge in [0.2, 0.25) is 11.8 Å². The maximum absolute atomic E-state index is 13.1. The zero-order valence-electron chi connectivity index (χ0n) is 13.9. The van der Waals surface area contributed by atoms with E-state index < -0.39 is 0 Å². The lowest BCUT2D eigenvalue weighted by molar-refractivity contribution is -0.158. The molecule has 1 aliphatic heterocycles. The van der Waals surface area contributed by atoms with Gasteiger partial charge in [0.15, 0.2) is 0 Å². The van der Waals surface area contributed by atoms with E-state index in [-0.39, 0.29) is 29.4 Å². The molecule has 2 unspecified atom stereocenters. The molecular formula is C17H30N2O2. The standard InChI is InChI=1S/C17H30N2O2/c1-5-13-15(20)18-14(12-10-8-7-9-11-12)16(21)19(13)17(3,4)6-2/h12-14H,5-11H2,1-4H3,(H,18,20). The van der Waals surface area contributed by atoms with Crippen molar-refractivity contribution in [2.24, 2.45) is 5.92 Å². The molecule has 2 fully saturated rings.